The summed E-state index contributed by atoms with van der Waals surface area (Å²) in [4.78, 5) is 7.71. The van der Waals surface area contributed by atoms with Gasteiger partial charge in [0.1, 0.15) is 6.10 Å². The summed E-state index contributed by atoms with van der Waals surface area (Å²) in [5.74, 6) is 0. The number of nitrogens with zero attached hydrogens (tertiary/aromatic N) is 2. The maximum Gasteiger partial charge on any atom is 0.145 e. The Bertz CT molecular complexity index is 494. The van der Waals surface area contributed by atoms with Crippen molar-refractivity contribution in [3.63, 3.8) is 0 Å². The molecule has 2 rings (SSSR count). The Hall–Kier alpha value is -1.10. The molecule has 0 bridgehead atoms. The van der Waals surface area contributed by atoms with Crippen LogP contribution in [0.1, 0.15) is 32.8 Å². The molecule has 5 heteroatoms. The average molecular weight is 311 g/mol. The quantitative estimate of drug-likeness (QED) is 0.878. The Morgan fingerprint density at radius 1 is 1.38 bits per heavy atom. The van der Waals surface area contributed by atoms with Crippen molar-refractivity contribution in [3.05, 3.63) is 34.9 Å². The molecule has 0 saturated heterocycles. The summed E-state index contributed by atoms with van der Waals surface area (Å²) in [5, 5.41) is 14.8. The van der Waals surface area contributed by atoms with Crippen molar-refractivity contribution in [2.24, 2.45) is 5.16 Å². The molecule has 1 N–H and O–H groups in total. The number of halogens is 1. The molecule has 0 fully saturated rings. The zero-order valence-corrected chi connectivity index (χ0v) is 13.6. The lowest BCUT2D eigenvalue weighted by Crippen LogP contribution is -2.42. The van der Waals surface area contributed by atoms with Crippen LogP contribution in [0.4, 0.5) is 0 Å². The number of hydrogen-bond acceptors (Lipinski definition) is 4. The molecule has 0 amide bonds. The van der Waals surface area contributed by atoms with E-state index >= 15 is 0 Å². The summed E-state index contributed by atoms with van der Waals surface area (Å²) in [6.45, 7) is 7.99. The maximum absolute atomic E-state index is 9.93. The maximum atomic E-state index is 9.93. The zero-order valence-electron chi connectivity index (χ0n) is 12.8. The van der Waals surface area contributed by atoms with Crippen molar-refractivity contribution in [1.29, 1.82) is 0 Å². The molecule has 0 radical (unpaired) electrons. The van der Waals surface area contributed by atoms with E-state index in [1.807, 2.05) is 38.1 Å². The molecule has 21 heavy (non-hydrogen) atoms. The first-order valence-corrected chi connectivity index (χ1v) is 7.68. The Morgan fingerprint density at radius 2 is 2.05 bits per heavy atom. The molecule has 1 heterocycles. The molecular weight excluding hydrogens is 288 g/mol. The van der Waals surface area contributed by atoms with Crippen molar-refractivity contribution >= 4 is 17.3 Å². The lowest BCUT2D eigenvalue weighted by molar-refractivity contribution is 0.00699. The van der Waals surface area contributed by atoms with Gasteiger partial charge in [-0.15, -0.1) is 0 Å². The fraction of sp³-hybridized carbons (Fsp3) is 0.562. The summed E-state index contributed by atoms with van der Waals surface area (Å²) >= 11 is 5.89. The normalized spacial score (nSPS) is 18.8. The van der Waals surface area contributed by atoms with Crippen LogP contribution in [0.2, 0.25) is 5.02 Å². The van der Waals surface area contributed by atoms with Crippen LogP contribution in [-0.2, 0) is 4.84 Å². The fourth-order valence-electron chi connectivity index (χ4n) is 2.48. The van der Waals surface area contributed by atoms with Crippen LogP contribution in [0, 0.1) is 0 Å². The molecule has 1 aromatic carbocycles. The molecule has 116 valence electrons. The van der Waals surface area contributed by atoms with Gasteiger partial charge < -0.3 is 9.94 Å². The average Bonchev–Trinajstić information content (AvgIpc) is 2.85. The van der Waals surface area contributed by atoms with Crippen LogP contribution in [0.3, 0.4) is 0 Å². The lowest BCUT2D eigenvalue weighted by atomic mass is 10.0. The Balaban J connectivity index is 1.90. The fourth-order valence-corrected chi connectivity index (χ4v) is 2.61. The first-order valence-electron chi connectivity index (χ1n) is 7.31. The van der Waals surface area contributed by atoms with Gasteiger partial charge in [-0.25, -0.2) is 0 Å². The monoisotopic (exact) mass is 310 g/mol. The third-order valence-corrected chi connectivity index (χ3v) is 3.68. The van der Waals surface area contributed by atoms with Crippen LogP contribution in [0.5, 0.6) is 0 Å². The summed E-state index contributed by atoms with van der Waals surface area (Å²) in [6.07, 6.45) is 0.822. The van der Waals surface area contributed by atoms with E-state index in [0.717, 1.165) is 35.8 Å². The second kappa shape index (κ2) is 6.77. The van der Waals surface area contributed by atoms with Gasteiger partial charge in [0, 0.05) is 24.5 Å². The summed E-state index contributed by atoms with van der Waals surface area (Å²) in [6, 6.07) is 7.64. The zero-order chi connectivity index (χ0) is 15.5. The van der Waals surface area contributed by atoms with Gasteiger partial charge in [-0.2, -0.15) is 0 Å². The largest absolute Gasteiger partial charge is 0.390 e. The van der Waals surface area contributed by atoms with E-state index in [2.05, 4.69) is 17.0 Å². The summed E-state index contributed by atoms with van der Waals surface area (Å²) in [5.41, 5.74) is 1.30. The van der Waals surface area contributed by atoms with E-state index in [1.165, 1.54) is 0 Å². The molecule has 1 aliphatic heterocycles. The van der Waals surface area contributed by atoms with E-state index in [0.29, 0.717) is 6.54 Å². The van der Waals surface area contributed by atoms with Crippen molar-refractivity contribution in [3.8, 4) is 0 Å². The number of hydrogen-bond donors (Lipinski definition) is 1. The van der Waals surface area contributed by atoms with Crippen molar-refractivity contribution in [1.82, 2.24) is 4.90 Å². The Kier molecular flexibility index (Phi) is 5.25. The minimum atomic E-state index is -0.700. The van der Waals surface area contributed by atoms with Crippen LogP contribution in [0.15, 0.2) is 29.4 Å². The number of rotatable bonds is 6. The van der Waals surface area contributed by atoms with Crippen LogP contribution < -0.4 is 0 Å². The topological polar surface area (TPSA) is 45.1 Å². The standard InChI is InChI=1S/C16H23ClN2O2/c1-4-19(11-16(2,3)20)10-14-9-15(18-21-14)12-5-7-13(17)8-6-12/h5-8,14,20H,4,9-11H2,1-3H3/t14-/m1/s1. The number of oxime groups is 1. The second-order valence-electron chi connectivity index (χ2n) is 6.12. The number of aliphatic hydroxyl groups is 1. The van der Waals surface area contributed by atoms with Gasteiger partial charge in [0.25, 0.3) is 0 Å². The van der Waals surface area contributed by atoms with Crippen LogP contribution >= 0.6 is 11.6 Å². The highest BCUT2D eigenvalue weighted by Crippen LogP contribution is 2.20. The molecule has 1 aliphatic rings. The molecule has 0 spiro atoms. The van der Waals surface area contributed by atoms with Gasteiger partial charge in [0.05, 0.1) is 11.3 Å². The third-order valence-electron chi connectivity index (χ3n) is 3.43. The number of benzene rings is 1. The lowest BCUT2D eigenvalue weighted by Gasteiger charge is -2.29. The Morgan fingerprint density at radius 3 is 2.62 bits per heavy atom. The van der Waals surface area contributed by atoms with E-state index < -0.39 is 5.60 Å². The van der Waals surface area contributed by atoms with E-state index in [-0.39, 0.29) is 6.10 Å². The van der Waals surface area contributed by atoms with E-state index in [9.17, 15) is 5.11 Å². The van der Waals surface area contributed by atoms with Gasteiger partial charge in [-0.3, -0.25) is 4.90 Å². The van der Waals surface area contributed by atoms with E-state index in [1.54, 1.807) is 0 Å². The highest BCUT2D eigenvalue weighted by molar-refractivity contribution is 6.30. The second-order valence-corrected chi connectivity index (χ2v) is 6.55. The summed E-state index contributed by atoms with van der Waals surface area (Å²) < 4.78 is 0. The Labute approximate surface area is 131 Å². The first kappa shape index (κ1) is 16.3. The van der Waals surface area contributed by atoms with Crippen LogP contribution in [0.25, 0.3) is 0 Å². The SMILES string of the molecule is CCN(C[C@H]1CC(c2ccc(Cl)cc2)=NO1)CC(C)(C)O. The summed E-state index contributed by atoms with van der Waals surface area (Å²) in [7, 11) is 0. The highest BCUT2D eigenvalue weighted by Gasteiger charge is 2.26. The highest BCUT2D eigenvalue weighted by atomic mass is 35.5. The minimum Gasteiger partial charge on any atom is -0.390 e. The van der Waals surface area contributed by atoms with Crippen LogP contribution in [-0.4, -0.2) is 47.1 Å². The van der Waals surface area contributed by atoms with E-state index in [4.69, 9.17) is 16.4 Å². The van der Waals surface area contributed by atoms with Crippen molar-refractivity contribution in [2.45, 2.75) is 38.9 Å². The van der Waals surface area contributed by atoms with Crippen molar-refractivity contribution < 1.29 is 9.94 Å². The minimum absolute atomic E-state index is 0.0398. The predicted octanol–water partition coefficient (Wildman–Crippen LogP) is 2.93. The molecule has 4 nitrogen and oxygen atoms in total. The molecule has 0 aliphatic carbocycles. The van der Waals surface area contributed by atoms with Gasteiger partial charge in [-0.1, -0.05) is 35.8 Å². The molecule has 1 atom stereocenters. The molecular formula is C16H23ClN2O2. The molecule has 0 saturated carbocycles. The molecule has 1 aromatic rings. The van der Waals surface area contributed by atoms with Gasteiger partial charge >= 0.3 is 0 Å². The van der Waals surface area contributed by atoms with Gasteiger partial charge in [0.15, 0.2) is 0 Å². The molecule has 0 unspecified atom stereocenters. The molecule has 0 aromatic heterocycles. The van der Waals surface area contributed by atoms with Gasteiger partial charge in [0.2, 0.25) is 0 Å². The first-order chi connectivity index (χ1) is 9.87. The third kappa shape index (κ3) is 4.99. The smallest absolute Gasteiger partial charge is 0.145 e. The van der Waals surface area contributed by atoms with Crippen molar-refractivity contribution in [2.75, 3.05) is 19.6 Å². The predicted molar refractivity (Wildman–Crippen MR) is 85.9 cm³/mol. The number of likely N-dealkylation sites (N-methyl/N-ethyl adjacent to an activating group) is 1. The van der Waals surface area contributed by atoms with Gasteiger partial charge in [-0.05, 0) is 38.1 Å².